The normalized spacial score (nSPS) is 18.3. The molecule has 6 nitrogen and oxygen atoms in total. The van der Waals surface area contributed by atoms with Gasteiger partial charge in [0.05, 0.1) is 23.2 Å². The molecule has 22 heavy (non-hydrogen) atoms. The average Bonchev–Trinajstić information content (AvgIpc) is 3.01. The maximum absolute atomic E-state index is 12.1. The molecule has 1 heterocycles. The van der Waals surface area contributed by atoms with Crippen LogP contribution in [0.15, 0.2) is 29.2 Å². The zero-order valence-corrected chi connectivity index (χ0v) is 13.4. The highest BCUT2D eigenvalue weighted by Gasteiger charge is 2.18. The van der Waals surface area contributed by atoms with Crippen molar-refractivity contribution < 1.29 is 22.7 Å². The molecule has 1 atom stereocenters. The van der Waals surface area contributed by atoms with Gasteiger partial charge in [0.2, 0.25) is 10.0 Å². The van der Waals surface area contributed by atoms with Gasteiger partial charge in [-0.2, -0.15) is 0 Å². The maximum Gasteiger partial charge on any atom is 0.338 e. The second-order valence-electron chi connectivity index (χ2n) is 5.07. The summed E-state index contributed by atoms with van der Waals surface area (Å²) in [6, 6.07) is 5.71. The van der Waals surface area contributed by atoms with Gasteiger partial charge < -0.3 is 9.47 Å². The monoisotopic (exact) mass is 327 g/mol. The number of sulfonamides is 1. The summed E-state index contributed by atoms with van der Waals surface area (Å²) in [6.07, 6.45) is 2.83. The average molecular weight is 327 g/mol. The third-order valence-electron chi connectivity index (χ3n) is 3.46. The molecule has 1 aliphatic rings. The van der Waals surface area contributed by atoms with Gasteiger partial charge in [-0.05, 0) is 50.5 Å². The second-order valence-corrected chi connectivity index (χ2v) is 6.83. The molecule has 0 amide bonds. The molecular weight excluding hydrogens is 306 g/mol. The molecular formula is C15H21NO5S. The molecule has 1 aromatic carbocycles. The van der Waals surface area contributed by atoms with Crippen molar-refractivity contribution in [3.05, 3.63) is 29.8 Å². The van der Waals surface area contributed by atoms with Gasteiger partial charge in [0.15, 0.2) is 0 Å². The summed E-state index contributed by atoms with van der Waals surface area (Å²) in [5, 5.41) is 0. The fraction of sp³-hybridized carbons (Fsp3) is 0.533. The molecule has 2 rings (SSSR count). The van der Waals surface area contributed by atoms with E-state index in [2.05, 4.69) is 4.72 Å². The predicted octanol–water partition coefficient (Wildman–Crippen LogP) is 1.71. The first-order valence-corrected chi connectivity index (χ1v) is 8.89. The minimum atomic E-state index is -3.56. The van der Waals surface area contributed by atoms with Crippen LogP contribution in [0, 0.1) is 0 Å². The molecule has 1 unspecified atom stereocenters. The number of rotatable bonds is 7. The summed E-state index contributed by atoms with van der Waals surface area (Å²) in [6.45, 7) is 3.09. The van der Waals surface area contributed by atoms with E-state index in [0.717, 1.165) is 19.4 Å². The van der Waals surface area contributed by atoms with Crippen LogP contribution in [0.2, 0.25) is 0 Å². The van der Waals surface area contributed by atoms with Crippen molar-refractivity contribution in [2.24, 2.45) is 0 Å². The van der Waals surface area contributed by atoms with E-state index >= 15 is 0 Å². The number of carbonyl (C=O) groups is 1. The molecule has 1 aromatic rings. The lowest BCUT2D eigenvalue weighted by atomic mass is 10.2. The van der Waals surface area contributed by atoms with E-state index in [0.29, 0.717) is 18.5 Å². The predicted molar refractivity (Wildman–Crippen MR) is 81.2 cm³/mol. The second kappa shape index (κ2) is 7.71. The fourth-order valence-corrected chi connectivity index (χ4v) is 3.34. The standard InChI is InChI=1S/C15H21NO5S/c1-2-20-15(17)12-5-7-14(8-6-12)22(18,19)16-10-9-13-4-3-11-21-13/h5-8,13,16H,2-4,9-11H2,1H3. The third-order valence-corrected chi connectivity index (χ3v) is 4.94. The summed E-state index contributed by atoms with van der Waals surface area (Å²) in [7, 11) is -3.56. The van der Waals surface area contributed by atoms with E-state index in [1.165, 1.54) is 24.3 Å². The van der Waals surface area contributed by atoms with Crippen LogP contribution < -0.4 is 4.72 Å². The number of ether oxygens (including phenoxy) is 2. The molecule has 0 aromatic heterocycles. The Hall–Kier alpha value is -1.44. The number of benzene rings is 1. The van der Waals surface area contributed by atoms with E-state index in [4.69, 9.17) is 9.47 Å². The van der Waals surface area contributed by atoms with E-state index in [1.54, 1.807) is 6.92 Å². The molecule has 0 aliphatic carbocycles. The molecule has 0 saturated carbocycles. The zero-order valence-electron chi connectivity index (χ0n) is 12.6. The third kappa shape index (κ3) is 4.53. The Balaban J connectivity index is 1.92. The molecule has 0 spiro atoms. The lowest BCUT2D eigenvalue weighted by molar-refractivity contribution is 0.0526. The Morgan fingerprint density at radius 2 is 2.09 bits per heavy atom. The van der Waals surface area contributed by atoms with Crippen molar-refractivity contribution in [3.63, 3.8) is 0 Å². The summed E-state index contributed by atoms with van der Waals surface area (Å²) < 4.78 is 37.2. The van der Waals surface area contributed by atoms with Crippen LogP contribution in [0.1, 0.15) is 36.5 Å². The molecule has 1 N–H and O–H groups in total. The van der Waals surface area contributed by atoms with Crippen molar-refractivity contribution in [2.45, 2.75) is 37.2 Å². The lowest BCUT2D eigenvalue weighted by Crippen LogP contribution is -2.27. The van der Waals surface area contributed by atoms with Crippen molar-refractivity contribution in [3.8, 4) is 0 Å². The molecule has 122 valence electrons. The molecule has 0 radical (unpaired) electrons. The Bertz CT molecular complexity index is 591. The SMILES string of the molecule is CCOC(=O)c1ccc(S(=O)(=O)NCCC2CCCO2)cc1. The van der Waals surface area contributed by atoms with Gasteiger partial charge in [-0.1, -0.05) is 0 Å². The number of esters is 1. The van der Waals surface area contributed by atoms with Crippen LogP contribution in [0.25, 0.3) is 0 Å². The Labute approximate surface area is 130 Å². The minimum absolute atomic E-state index is 0.132. The first-order chi connectivity index (χ1) is 10.5. The van der Waals surface area contributed by atoms with Gasteiger partial charge in [0.25, 0.3) is 0 Å². The smallest absolute Gasteiger partial charge is 0.338 e. The van der Waals surface area contributed by atoms with Crippen LogP contribution in [0.4, 0.5) is 0 Å². The fourth-order valence-electron chi connectivity index (χ4n) is 2.29. The van der Waals surface area contributed by atoms with Gasteiger partial charge in [0, 0.05) is 13.2 Å². The summed E-state index contributed by atoms with van der Waals surface area (Å²) in [5.41, 5.74) is 0.333. The minimum Gasteiger partial charge on any atom is -0.462 e. The molecule has 0 bridgehead atoms. The van der Waals surface area contributed by atoms with Crippen LogP contribution in [-0.4, -0.2) is 40.2 Å². The Kier molecular flexibility index (Phi) is 5.93. The van der Waals surface area contributed by atoms with E-state index < -0.39 is 16.0 Å². The van der Waals surface area contributed by atoms with Crippen LogP contribution in [0.3, 0.4) is 0 Å². The number of nitrogens with one attached hydrogen (secondary N) is 1. The zero-order chi connectivity index (χ0) is 16.0. The van der Waals surface area contributed by atoms with E-state index in [-0.39, 0.29) is 17.6 Å². The van der Waals surface area contributed by atoms with Crippen LogP contribution in [0.5, 0.6) is 0 Å². The Morgan fingerprint density at radius 1 is 1.36 bits per heavy atom. The molecule has 7 heteroatoms. The first-order valence-electron chi connectivity index (χ1n) is 7.41. The number of hydrogen-bond acceptors (Lipinski definition) is 5. The van der Waals surface area contributed by atoms with Gasteiger partial charge in [0.1, 0.15) is 0 Å². The van der Waals surface area contributed by atoms with Crippen LogP contribution >= 0.6 is 0 Å². The molecule has 1 aliphatic heterocycles. The van der Waals surface area contributed by atoms with Crippen LogP contribution in [-0.2, 0) is 19.5 Å². The van der Waals surface area contributed by atoms with Gasteiger partial charge in [-0.3, -0.25) is 0 Å². The van der Waals surface area contributed by atoms with Crippen molar-refractivity contribution in [1.82, 2.24) is 4.72 Å². The van der Waals surface area contributed by atoms with Crippen molar-refractivity contribution >= 4 is 16.0 Å². The Morgan fingerprint density at radius 3 is 2.68 bits per heavy atom. The van der Waals surface area contributed by atoms with Crippen molar-refractivity contribution in [1.29, 1.82) is 0 Å². The summed E-state index contributed by atoms with van der Waals surface area (Å²) >= 11 is 0. The van der Waals surface area contributed by atoms with Gasteiger partial charge in [-0.15, -0.1) is 0 Å². The van der Waals surface area contributed by atoms with Crippen molar-refractivity contribution in [2.75, 3.05) is 19.8 Å². The van der Waals surface area contributed by atoms with E-state index in [1.807, 2.05) is 0 Å². The quantitative estimate of drug-likeness (QED) is 0.771. The summed E-state index contributed by atoms with van der Waals surface area (Å²) in [5.74, 6) is -0.460. The lowest BCUT2D eigenvalue weighted by Gasteiger charge is -2.11. The molecule has 1 saturated heterocycles. The molecule has 1 fully saturated rings. The highest BCUT2D eigenvalue weighted by atomic mass is 32.2. The van der Waals surface area contributed by atoms with Gasteiger partial charge >= 0.3 is 5.97 Å². The maximum atomic E-state index is 12.1. The highest BCUT2D eigenvalue weighted by Crippen LogP contribution is 2.15. The van der Waals surface area contributed by atoms with Gasteiger partial charge in [-0.25, -0.2) is 17.9 Å². The largest absolute Gasteiger partial charge is 0.462 e. The topological polar surface area (TPSA) is 81.7 Å². The number of carbonyl (C=O) groups excluding carboxylic acids is 1. The summed E-state index contributed by atoms with van der Waals surface area (Å²) in [4.78, 5) is 11.7. The van der Waals surface area contributed by atoms with E-state index in [9.17, 15) is 13.2 Å². The highest BCUT2D eigenvalue weighted by molar-refractivity contribution is 7.89. The number of hydrogen-bond donors (Lipinski definition) is 1. The first kappa shape index (κ1) is 16.9.